The Labute approximate surface area is 159 Å². The van der Waals surface area contributed by atoms with Crippen LogP contribution in [0.5, 0.6) is 0 Å². The van der Waals surface area contributed by atoms with Crippen molar-refractivity contribution in [1.29, 1.82) is 0 Å². The second kappa shape index (κ2) is 10.4. The van der Waals surface area contributed by atoms with Gasteiger partial charge in [0.25, 0.3) is 0 Å². The van der Waals surface area contributed by atoms with Crippen molar-refractivity contribution in [2.75, 3.05) is 0 Å². The molecule has 0 saturated heterocycles. The summed E-state index contributed by atoms with van der Waals surface area (Å²) in [6.07, 6.45) is 2.14. The molecule has 1 heterocycles. The molecular formula is C20H27N3O4. The molecule has 0 aliphatic rings. The first-order valence-corrected chi connectivity index (χ1v) is 9.33. The van der Waals surface area contributed by atoms with Gasteiger partial charge in [-0.1, -0.05) is 42.4 Å². The summed E-state index contributed by atoms with van der Waals surface area (Å²) in [7, 11) is 0. The van der Waals surface area contributed by atoms with E-state index in [1.54, 1.807) is 13.8 Å². The van der Waals surface area contributed by atoms with Crippen LogP contribution < -0.4 is 5.32 Å². The molecule has 0 unspecified atom stereocenters. The van der Waals surface area contributed by atoms with Gasteiger partial charge in [0.1, 0.15) is 0 Å². The van der Waals surface area contributed by atoms with Gasteiger partial charge in [0.05, 0.1) is 18.6 Å². The van der Waals surface area contributed by atoms with Crippen LogP contribution in [0.25, 0.3) is 0 Å². The van der Waals surface area contributed by atoms with Crippen LogP contribution in [0.4, 0.5) is 0 Å². The SMILES string of the molecule is CCCc1noc(CCC(=O)N[C@H](CC(=O)OC(C)C)c2ccccc2)n1. The fraction of sp³-hybridized carbons (Fsp3) is 0.500. The molecule has 0 saturated carbocycles. The number of hydrogen-bond donors (Lipinski definition) is 1. The van der Waals surface area contributed by atoms with E-state index in [2.05, 4.69) is 15.5 Å². The van der Waals surface area contributed by atoms with Crippen molar-refractivity contribution in [3.63, 3.8) is 0 Å². The standard InChI is InChI=1S/C20H27N3O4/c1-4-8-17-22-19(27-23-17)12-11-18(24)21-16(13-20(25)26-14(2)3)15-9-6-5-7-10-15/h5-7,9-10,14,16H,4,8,11-13H2,1-3H3,(H,21,24)/t16-/m1/s1. The molecule has 0 aliphatic carbocycles. The van der Waals surface area contributed by atoms with Gasteiger partial charge in [0.15, 0.2) is 5.82 Å². The molecule has 2 aromatic rings. The van der Waals surface area contributed by atoms with E-state index < -0.39 is 6.04 Å². The Balaban J connectivity index is 1.94. The third kappa shape index (κ3) is 7.21. The summed E-state index contributed by atoms with van der Waals surface area (Å²) >= 11 is 0. The van der Waals surface area contributed by atoms with Gasteiger partial charge in [0.2, 0.25) is 11.8 Å². The number of aryl methyl sites for hydroxylation is 2. The molecule has 1 aromatic heterocycles. The molecule has 0 spiro atoms. The number of ether oxygens (including phenoxy) is 1. The Kier molecular flexibility index (Phi) is 7.98. The zero-order valence-electron chi connectivity index (χ0n) is 16.1. The fourth-order valence-corrected chi connectivity index (χ4v) is 2.62. The first kappa shape index (κ1) is 20.6. The zero-order valence-corrected chi connectivity index (χ0v) is 16.1. The highest BCUT2D eigenvalue weighted by Gasteiger charge is 2.20. The lowest BCUT2D eigenvalue weighted by molar-refractivity contribution is -0.148. The molecule has 1 aromatic carbocycles. The lowest BCUT2D eigenvalue weighted by atomic mass is 10.0. The van der Waals surface area contributed by atoms with E-state index >= 15 is 0 Å². The van der Waals surface area contributed by atoms with Gasteiger partial charge in [-0.3, -0.25) is 9.59 Å². The van der Waals surface area contributed by atoms with Gasteiger partial charge in [-0.2, -0.15) is 4.98 Å². The third-order valence-corrected chi connectivity index (χ3v) is 3.82. The number of amides is 1. The number of esters is 1. The molecule has 7 nitrogen and oxygen atoms in total. The minimum atomic E-state index is -0.441. The topological polar surface area (TPSA) is 94.3 Å². The van der Waals surface area contributed by atoms with E-state index in [0.717, 1.165) is 18.4 Å². The predicted molar refractivity (Wildman–Crippen MR) is 99.8 cm³/mol. The molecule has 146 valence electrons. The average molecular weight is 373 g/mol. The summed E-state index contributed by atoms with van der Waals surface area (Å²) in [5, 5.41) is 6.79. The molecule has 7 heteroatoms. The van der Waals surface area contributed by atoms with Crippen LogP contribution in [-0.4, -0.2) is 28.1 Å². The highest BCUT2D eigenvalue weighted by atomic mass is 16.5. The van der Waals surface area contributed by atoms with Gasteiger partial charge >= 0.3 is 5.97 Å². The molecular weight excluding hydrogens is 346 g/mol. The Bertz CT molecular complexity index is 728. The Morgan fingerprint density at radius 2 is 1.93 bits per heavy atom. The fourth-order valence-electron chi connectivity index (χ4n) is 2.62. The van der Waals surface area contributed by atoms with Crippen LogP contribution in [0.3, 0.4) is 0 Å². The molecule has 0 aliphatic heterocycles. The highest BCUT2D eigenvalue weighted by molar-refractivity contribution is 5.78. The minimum Gasteiger partial charge on any atom is -0.463 e. The maximum absolute atomic E-state index is 12.4. The second-order valence-electron chi connectivity index (χ2n) is 6.63. The van der Waals surface area contributed by atoms with Gasteiger partial charge in [-0.05, 0) is 25.8 Å². The number of benzene rings is 1. The number of nitrogens with one attached hydrogen (secondary N) is 1. The van der Waals surface area contributed by atoms with Crippen LogP contribution in [0.1, 0.15) is 63.4 Å². The average Bonchev–Trinajstić information content (AvgIpc) is 3.07. The van der Waals surface area contributed by atoms with Crippen LogP contribution >= 0.6 is 0 Å². The van der Waals surface area contributed by atoms with Crippen LogP contribution in [-0.2, 0) is 27.2 Å². The smallest absolute Gasteiger partial charge is 0.308 e. The molecule has 1 N–H and O–H groups in total. The summed E-state index contributed by atoms with van der Waals surface area (Å²) in [6, 6.07) is 8.94. The predicted octanol–water partition coefficient (Wildman–Crippen LogP) is 3.15. The maximum Gasteiger partial charge on any atom is 0.308 e. The Morgan fingerprint density at radius 3 is 2.59 bits per heavy atom. The lowest BCUT2D eigenvalue weighted by Gasteiger charge is -2.19. The van der Waals surface area contributed by atoms with E-state index in [-0.39, 0.29) is 30.8 Å². The van der Waals surface area contributed by atoms with Crippen LogP contribution in [0.15, 0.2) is 34.9 Å². The van der Waals surface area contributed by atoms with E-state index in [1.807, 2.05) is 37.3 Å². The van der Waals surface area contributed by atoms with E-state index in [0.29, 0.717) is 18.1 Å². The minimum absolute atomic E-state index is 0.0785. The number of hydrogen-bond acceptors (Lipinski definition) is 6. The Hall–Kier alpha value is -2.70. The highest BCUT2D eigenvalue weighted by Crippen LogP contribution is 2.18. The maximum atomic E-state index is 12.4. The van der Waals surface area contributed by atoms with Crippen molar-refractivity contribution in [1.82, 2.24) is 15.5 Å². The molecule has 27 heavy (non-hydrogen) atoms. The molecule has 0 radical (unpaired) electrons. The van der Waals surface area contributed by atoms with Crippen LogP contribution in [0, 0.1) is 0 Å². The summed E-state index contributed by atoms with van der Waals surface area (Å²) in [5.74, 6) is 0.576. The first-order chi connectivity index (χ1) is 13.0. The third-order valence-electron chi connectivity index (χ3n) is 3.82. The molecule has 1 atom stereocenters. The van der Waals surface area contributed by atoms with E-state index in [4.69, 9.17) is 9.26 Å². The zero-order chi connectivity index (χ0) is 19.6. The van der Waals surface area contributed by atoms with Crippen molar-refractivity contribution in [2.24, 2.45) is 0 Å². The lowest BCUT2D eigenvalue weighted by Crippen LogP contribution is -2.31. The van der Waals surface area contributed by atoms with Gasteiger partial charge in [-0.25, -0.2) is 0 Å². The summed E-state index contributed by atoms with van der Waals surface area (Å²) in [4.78, 5) is 28.7. The molecule has 2 rings (SSSR count). The van der Waals surface area contributed by atoms with Gasteiger partial charge in [0, 0.05) is 19.3 Å². The van der Waals surface area contributed by atoms with Crippen molar-refractivity contribution in [3.8, 4) is 0 Å². The number of aromatic nitrogens is 2. The number of rotatable bonds is 10. The molecule has 0 bridgehead atoms. The monoisotopic (exact) mass is 373 g/mol. The summed E-state index contributed by atoms with van der Waals surface area (Å²) < 4.78 is 10.4. The largest absolute Gasteiger partial charge is 0.463 e. The van der Waals surface area contributed by atoms with Crippen LogP contribution in [0.2, 0.25) is 0 Å². The normalized spacial score (nSPS) is 12.0. The van der Waals surface area contributed by atoms with E-state index in [9.17, 15) is 9.59 Å². The molecule has 1 amide bonds. The second-order valence-corrected chi connectivity index (χ2v) is 6.63. The van der Waals surface area contributed by atoms with Gasteiger partial charge < -0.3 is 14.6 Å². The van der Waals surface area contributed by atoms with Crippen molar-refractivity contribution < 1.29 is 18.8 Å². The van der Waals surface area contributed by atoms with Crippen molar-refractivity contribution in [2.45, 2.75) is 65.0 Å². The number of carbonyl (C=O) groups excluding carboxylic acids is 2. The number of carbonyl (C=O) groups is 2. The Morgan fingerprint density at radius 1 is 1.19 bits per heavy atom. The first-order valence-electron chi connectivity index (χ1n) is 9.33. The summed E-state index contributed by atoms with van der Waals surface area (Å²) in [6.45, 7) is 5.63. The molecule has 0 fully saturated rings. The van der Waals surface area contributed by atoms with Crippen molar-refractivity contribution in [3.05, 3.63) is 47.6 Å². The van der Waals surface area contributed by atoms with E-state index in [1.165, 1.54) is 0 Å². The quantitative estimate of drug-likeness (QED) is 0.643. The van der Waals surface area contributed by atoms with Gasteiger partial charge in [-0.15, -0.1) is 0 Å². The number of nitrogens with zero attached hydrogens (tertiary/aromatic N) is 2. The van der Waals surface area contributed by atoms with Crippen molar-refractivity contribution >= 4 is 11.9 Å². The summed E-state index contributed by atoms with van der Waals surface area (Å²) in [5.41, 5.74) is 0.856.